The van der Waals surface area contributed by atoms with Crippen molar-refractivity contribution < 1.29 is 14.6 Å². The van der Waals surface area contributed by atoms with E-state index in [0.717, 1.165) is 10.8 Å². The van der Waals surface area contributed by atoms with E-state index >= 15 is 0 Å². The minimum absolute atomic E-state index is 0.145. The molecule has 0 bridgehead atoms. The lowest BCUT2D eigenvalue weighted by atomic mass is 10.0. The molecule has 3 rings (SSSR count). The Hall–Kier alpha value is -3.14. The molecule has 120 valence electrons. The number of aromatic hydroxyl groups is 1. The standard InChI is InChI=1S/C20H17NO3/c1-2-24-20(23)16-9-5-6-10-18(16)21-13-17-15-8-4-3-7-14(15)11-12-19(17)22/h3-13,22H,2H2,1H3/b21-13+. The minimum atomic E-state index is -0.410. The van der Waals surface area contributed by atoms with Crippen molar-refractivity contribution in [2.75, 3.05) is 6.61 Å². The van der Waals surface area contributed by atoms with Crippen molar-refractivity contribution in [3.8, 4) is 5.75 Å². The third kappa shape index (κ3) is 3.13. The average Bonchev–Trinajstić information content (AvgIpc) is 2.61. The summed E-state index contributed by atoms with van der Waals surface area (Å²) in [5.41, 5.74) is 1.52. The highest BCUT2D eigenvalue weighted by Crippen LogP contribution is 2.27. The minimum Gasteiger partial charge on any atom is -0.507 e. The van der Waals surface area contributed by atoms with Gasteiger partial charge >= 0.3 is 5.97 Å². The van der Waals surface area contributed by atoms with Gasteiger partial charge < -0.3 is 9.84 Å². The fraction of sp³-hybridized carbons (Fsp3) is 0.100. The molecule has 0 unspecified atom stereocenters. The van der Waals surface area contributed by atoms with Crippen molar-refractivity contribution in [3.63, 3.8) is 0 Å². The molecule has 0 atom stereocenters. The van der Waals surface area contributed by atoms with Crippen LogP contribution in [0.3, 0.4) is 0 Å². The van der Waals surface area contributed by atoms with Gasteiger partial charge in [-0.1, -0.05) is 42.5 Å². The van der Waals surface area contributed by atoms with Crippen LogP contribution in [0.1, 0.15) is 22.8 Å². The van der Waals surface area contributed by atoms with Gasteiger partial charge in [-0.25, -0.2) is 4.79 Å². The number of fused-ring (bicyclic) bond motifs is 1. The van der Waals surface area contributed by atoms with Crippen LogP contribution in [0.2, 0.25) is 0 Å². The SMILES string of the molecule is CCOC(=O)c1ccccc1/N=C/c1c(O)ccc2ccccc12. The highest BCUT2D eigenvalue weighted by molar-refractivity contribution is 6.04. The van der Waals surface area contributed by atoms with Crippen molar-refractivity contribution in [1.29, 1.82) is 0 Å². The maximum absolute atomic E-state index is 12.0. The van der Waals surface area contributed by atoms with Gasteiger partial charge in [0.25, 0.3) is 0 Å². The first-order valence-electron chi connectivity index (χ1n) is 7.71. The number of carbonyl (C=O) groups excluding carboxylic acids is 1. The smallest absolute Gasteiger partial charge is 0.340 e. The second-order valence-corrected chi connectivity index (χ2v) is 5.22. The molecule has 3 aromatic rings. The first-order chi connectivity index (χ1) is 11.7. The van der Waals surface area contributed by atoms with Crippen LogP contribution in [0.15, 0.2) is 65.7 Å². The Balaban J connectivity index is 2.04. The number of hydrogen-bond acceptors (Lipinski definition) is 4. The van der Waals surface area contributed by atoms with E-state index in [2.05, 4.69) is 4.99 Å². The molecule has 0 heterocycles. The lowest BCUT2D eigenvalue weighted by molar-refractivity contribution is 0.0527. The van der Waals surface area contributed by atoms with E-state index in [9.17, 15) is 9.90 Å². The Morgan fingerprint density at radius 2 is 1.83 bits per heavy atom. The number of para-hydroxylation sites is 1. The summed E-state index contributed by atoms with van der Waals surface area (Å²) in [5.74, 6) is -0.265. The fourth-order valence-electron chi connectivity index (χ4n) is 2.52. The molecule has 3 aromatic carbocycles. The Kier molecular flexibility index (Phi) is 4.57. The molecule has 0 aliphatic carbocycles. The third-order valence-electron chi connectivity index (χ3n) is 3.68. The molecule has 0 spiro atoms. The van der Waals surface area contributed by atoms with E-state index in [1.165, 1.54) is 0 Å². The van der Waals surface area contributed by atoms with Crippen LogP contribution in [0.5, 0.6) is 5.75 Å². The van der Waals surface area contributed by atoms with Crippen molar-refractivity contribution in [2.45, 2.75) is 6.92 Å². The van der Waals surface area contributed by atoms with Gasteiger partial charge in [0.1, 0.15) is 5.75 Å². The molecule has 4 heteroatoms. The molecular weight excluding hydrogens is 302 g/mol. The van der Waals surface area contributed by atoms with E-state index in [-0.39, 0.29) is 5.75 Å². The molecule has 0 saturated carbocycles. The van der Waals surface area contributed by atoms with Crippen LogP contribution in [0, 0.1) is 0 Å². The second-order valence-electron chi connectivity index (χ2n) is 5.22. The molecule has 0 aromatic heterocycles. The van der Waals surface area contributed by atoms with Gasteiger partial charge in [0, 0.05) is 11.8 Å². The van der Waals surface area contributed by atoms with E-state index in [1.807, 2.05) is 30.3 Å². The number of phenolic OH excluding ortho intramolecular Hbond substituents is 1. The van der Waals surface area contributed by atoms with Gasteiger partial charge in [0.2, 0.25) is 0 Å². The number of hydrogen-bond donors (Lipinski definition) is 1. The van der Waals surface area contributed by atoms with Gasteiger partial charge in [0.15, 0.2) is 0 Å². The monoisotopic (exact) mass is 319 g/mol. The van der Waals surface area contributed by atoms with E-state index < -0.39 is 5.97 Å². The molecule has 0 amide bonds. The van der Waals surface area contributed by atoms with Crippen LogP contribution in [-0.2, 0) is 4.74 Å². The van der Waals surface area contributed by atoms with Gasteiger partial charge in [-0.05, 0) is 35.9 Å². The fourth-order valence-corrected chi connectivity index (χ4v) is 2.52. The van der Waals surface area contributed by atoms with Crippen molar-refractivity contribution in [3.05, 3.63) is 71.8 Å². The summed E-state index contributed by atoms with van der Waals surface area (Å²) in [7, 11) is 0. The number of carbonyl (C=O) groups is 1. The molecule has 0 fully saturated rings. The first kappa shape index (κ1) is 15.7. The molecule has 4 nitrogen and oxygen atoms in total. The number of nitrogens with zero attached hydrogens (tertiary/aromatic N) is 1. The normalized spacial score (nSPS) is 11.0. The average molecular weight is 319 g/mol. The highest BCUT2D eigenvalue weighted by atomic mass is 16.5. The van der Waals surface area contributed by atoms with Crippen molar-refractivity contribution in [2.24, 2.45) is 4.99 Å². The van der Waals surface area contributed by atoms with Crippen LogP contribution in [0.25, 0.3) is 10.8 Å². The molecule has 0 radical (unpaired) electrons. The summed E-state index contributed by atoms with van der Waals surface area (Å²) >= 11 is 0. The molecule has 24 heavy (non-hydrogen) atoms. The van der Waals surface area contributed by atoms with Gasteiger partial charge in [-0.2, -0.15) is 0 Å². The molecular formula is C20H17NO3. The molecule has 0 aliphatic rings. The zero-order valence-corrected chi connectivity index (χ0v) is 13.3. The second kappa shape index (κ2) is 6.96. The van der Waals surface area contributed by atoms with Gasteiger partial charge in [-0.15, -0.1) is 0 Å². The predicted molar refractivity (Wildman–Crippen MR) is 95.3 cm³/mol. The Morgan fingerprint density at radius 1 is 1.08 bits per heavy atom. The van der Waals surface area contributed by atoms with E-state index in [4.69, 9.17) is 4.74 Å². The van der Waals surface area contributed by atoms with Crippen molar-refractivity contribution in [1.82, 2.24) is 0 Å². The Labute approximate surface area is 140 Å². The zero-order chi connectivity index (χ0) is 16.9. The summed E-state index contributed by atoms with van der Waals surface area (Å²) in [6.45, 7) is 2.07. The quantitative estimate of drug-likeness (QED) is 0.570. The largest absolute Gasteiger partial charge is 0.507 e. The number of benzene rings is 3. The maximum atomic E-state index is 12.0. The van der Waals surface area contributed by atoms with E-state index in [1.54, 1.807) is 43.5 Å². The number of rotatable bonds is 4. The first-order valence-corrected chi connectivity index (χ1v) is 7.71. The molecule has 1 N–H and O–H groups in total. The Bertz CT molecular complexity index is 916. The number of ether oxygens (including phenoxy) is 1. The van der Waals surface area contributed by atoms with Gasteiger partial charge in [-0.3, -0.25) is 4.99 Å². The van der Waals surface area contributed by atoms with Crippen molar-refractivity contribution >= 4 is 28.6 Å². The summed E-state index contributed by atoms with van der Waals surface area (Å²) in [5, 5.41) is 12.1. The highest BCUT2D eigenvalue weighted by Gasteiger charge is 2.11. The number of esters is 1. The summed E-state index contributed by atoms with van der Waals surface area (Å²) in [6.07, 6.45) is 1.58. The third-order valence-corrected chi connectivity index (χ3v) is 3.68. The number of phenols is 1. The lowest BCUT2D eigenvalue weighted by Crippen LogP contribution is -2.04. The molecule has 0 aliphatic heterocycles. The zero-order valence-electron chi connectivity index (χ0n) is 13.3. The summed E-state index contributed by atoms with van der Waals surface area (Å²) in [6, 6.07) is 18.2. The summed E-state index contributed by atoms with van der Waals surface area (Å²) in [4.78, 5) is 16.4. The van der Waals surface area contributed by atoms with Crippen LogP contribution in [0.4, 0.5) is 5.69 Å². The maximum Gasteiger partial charge on any atom is 0.340 e. The topological polar surface area (TPSA) is 58.9 Å². The molecule has 0 saturated heterocycles. The van der Waals surface area contributed by atoms with Crippen LogP contribution < -0.4 is 0 Å². The lowest BCUT2D eigenvalue weighted by Gasteiger charge is -2.06. The number of aliphatic imine (C=N–C) groups is 1. The van der Waals surface area contributed by atoms with E-state index in [0.29, 0.717) is 23.4 Å². The van der Waals surface area contributed by atoms with Gasteiger partial charge in [0.05, 0.1) is 17.9 Å². The van der Waals surface area contributed by atoms with Crippen LogP contribution >= 0.6 is 0 Å². The summed E-state index contributed by atoms with van der Waals surface area (Å²) < 4.78 is 5.05. The predicted octanol–water partition coefficient (Wildman–Crippen LogP) is 4.47. The Morgan fingerprint density at radius 3 is 2.67 bits per heavy atom. The van der Waals surface area contributed by atoms with Crippen LogP contribution in [-0.4, -0.2) is 23.9 Å².